The Morgan fingerprint density at radius 2 is 1.32 bits per heavy atom. The minimum absolute atomic E-state index is 0.0758. The molecule has 0 aliphatic heterocycles. The first-order valence-corrected chi connectivity index (χ1v) is 20.3. The van der Waals surface area contributed by atoms with Crippen LogP contribution < -0.4 is 4.90 Å². The zero-order valence-electron chi connectivity index (χ0n) is 32.9. The molecule has 2 heterocycles. The van der Waals surface area contributed by atoms with Gasteiger partial charge in [-0.15, -0.1) is 0 Å². The number of nitrogens with zero attached hydrogens (tertiary/aromatic N) is 3. The van der Waals surface area contributed by atoms with Gasteiger partial charge < -0.3 is 9.47 Å². The Bertz CT molecular complexity index is 2900. The van der Waals surface area contributed by atoms with Gasteiger partial charge in [0, 0.05) is 27.5 Å². The highest BCUT2D eigenvalue weighted by atomic mass is 15.3. The van der Waals surface area contributed by atoms with E-state index >= 15 is 0 Å². The van der Waals surface area contributed by atoms with Gasteiger partial charge in [-0.3, -0.25) is 4.57 Å². The van der Waals surface area contributed by atoms with Crippen LogP contribution in [0.15, 0.2) is 188 Å². The van der Waals surface area contributed by atoms with E-state index in [4.69, 9.17) is 0 Å². The second kappa shape index (κ2) is 14.2. The standard InChI is InChI=1S/C54H47N3/c1-54(2,3)44-28-30-47(31-29-44)56-49-32-26-41(35-43(49)37-53(56)55(45-20-9-5-10-21-45)46-22-11-6-12-23-46)40-27-33-50-42(34-40)36-52(39-17-7-4-8-18-39)57(50)51-25-15-19-38-16-13-14-24-48(38)51/h4-7,9-17,19-22,24-37,46H,8,18,23H2,1-3H3. The minimum atomic E-state index is 0.0758. The summed E-state index contributed by atoms with van der Waals surface area (Å²) in [6.45, 7) is 6.84. The van der Waals surface area contributed by atoms with Crippen molar-refractivity contribution in [3.05, 3.63) is 199 Å². The Morgan fingerprint density at radius 1 is 0.596 bits per heavy atom. The van der Waals surface area contributed by atoms with Crippen molar-refractivity contribution in [1.29, 1.82) is 0 Å². The van der Waals surface area contributed by atoms with E-state index < -0.39 is 0 Å². The number of benzene rings is 6. The lowest BCUT2D eigenvalue weighted by Gasteiger charge is -2.33. The van der Waals surface area contributed by atoms with Crippen LogP contribution in [0.25, 0.3) is 60.7 Å². The molecule has 0 N–H and O–H groups in total. The zero-order valence-corrected chi connectivity index (χ0v) is 32.9. The molecule has 8 aromatic rings. The lowest BCUT2D eigenvalue weighted by atomic mass is 9.87. The molecule has 2 aromatic heterocycles. The maximum Gasteiger partial charge on any atom is 0.119 e. The molecule has 0 spiro atoms. The number of fused-ring (bicyclic) bond motifs is 3. The molecular formula is C54H47N3. The topological polar surface area (TPSA) is 13.1 Å². The molecule has 10 rings (SSSR count). The monoisotopic (exact) mass is 737 g/mol. The van der Waals surface area contributed by atoms with Crippen molar-refractivity contribution in [1.82, 2.24) is 9.13 Å². The SMILES string of the molecule is CC(C)(C)c1ccc(-n2c(N(c3ccccc3)C3C=CC=CC3)cc3cc(-c4ccc5c(c4)cc(C4=CC=CCC4)n5-c4cccc5ccccc45)ccc32)cc1. The summed E-state index contributed by atoms with van der Waals surface area (Å²) in [6.07, 6.45) is 18.8. The predicted molar refractivity (Wildman–Crippen MR) is 243 cm³/mol. The van der Waals surface area contributed by atoms with Crippen LogP contribution in [-0.2, 0) is 5.41 Å². The average molecular weight is 738 g/mol. The first kappa shape index (κ1) is 34.9. The molecule has 2 aliphatic rings. The maximum absolute atomic E-state index is 2.51. The molecule has 0 bridgehead atoms. The van der Waals surface area contributed by atoms with Crippen LogP contribution in [0.3, 0.4) is 0 Å². The van der Waals surface area contributed by atoms with E-state index in [1.807, 2.05) is 0 Å². The van der Waals surface area contributed by atoms with Gasteiger partial charge in [0.2, 0.25) is 0 Å². The Kier molecular flexibility index (Phi) is 8.67. The highest BCUT2D eigenvalue weighted by Gasteiger charge is 2.25. The molecule has 3 heteroatoms. The number of aromatic nitrogens is 2. The van der Waals surface area contributed by atoms with E-state index in [1.54, 1.807) is 0 Å². The van der Waals surface area contributed by atoms with Gasteiger partial charge in [0.05, 0.1) is 28.5 Å². The molecule has 57 heavy (non-hydrogen) atoms. The fourth-order valence-electron chi connectivity index (χ4n) is 8.89. The van der Waals surface area contributed by atoms with Crippen LogP contribution in [0.5, 0.6) is 0 Å². The predicted octanol–water partition coefficient (Wildman–Crippen LogP) is 14.4. The number of anilines is 2. The van der Waals surface area contributed by atoms with Gasteiger partial charge in [-0.1, -0.05) is 142 Å². The summed E-state index contributed by atoms with van der Waals surface area (Å²) in [5, 5.41) is 4.98. The van der Waals surface area contributed by atoms with Crippen LogP contribution in [0.2, 0.25) is 0 Å². The van der Waals surface area contributed by atoms with Gasteiger partial charge in [-0.25, -0.2) is 0 Å². The highest BCUT2D eigenvalue weighted by molar-refractivity contribution is 5.98. The number of hydrogen-bond acceptors (Lipinski definition) is 1. The van der Waals surface area contributed by atoms with Gasteiger partial charge in [-0.2, -0.15) is 0 Å². The van der Waals surface area contributed by atoms with Crippen LogP contribution in [0, 0.1) is 0 Å². The van der Waals surface area contributed by atoms with Gasteiger partial charge in [-0.05, 0) is 119 Å². The second-order valence-electron chi connectivity index (χ2n) is 16.5. The summed E-state index contributed by atoms with van der Waals surface area (Å²) >= 11 is 0. The summed E-state index contributed by atoms with van der Waals surface area (Å²) in [5.74, 6) is 1.16. The van der Waals surface area contributed by atoms with Gasteiger partial charge in [0.15, 0.2) is 0 Å². The molecule has 6 aromatic carbocycles. The first-order valence-electron chi connectivity index (χ1n) is 20.3. The second-order valence-corrected chi connectivity index (χ2v) is 16.5. The smallest absolute Gasteiger partial charge is 0.119 e. The molecule has 278 valence electrons. The molecule has 0 saturated heterocycles. The van der Waals surface area contributed by atoms with Crippen molar-refractivity contribution in [3.8, 4) is 22.5 Å². The number of para-hydroxylation sites is 1. The van der Waals surface area contributed by atoms with E-state index in [0.29, 0.717) is 0 Å². The van der Waals surface area contributed by atoms with Crippen LogP contribution in [-0.4, -0.2) is 15.2 Å². The molecular weight excluding hydrogens is 691 g/mol. The molecule has 0 fully saturated rings. The van der Waals surface area contributed by atoms with E-state index in [9.17, 15) is 0 Å². The number of hydrogen-bond donors (Lipinski definition) is 0. The van der Waals surface area contributed by atoms with Gasteiger partial charge >= 0.3 is 0 Å². The van der Waals surface area contributed by atoms with Crippen LogP contribution >= 0.6 is 0 Å². The Hall–Kier alpha value is -6.58. The fourth-order valence-corrected chi connectivity index (χ4v) is 8.89. The van der Waals surface area contributed by atoms with E-state index in [1.165, 1.54) is 71.9 Å². The first-order chi connectivity index (χ1) is 27.9. The average Bonchev–Trinajstić information content (AvgIpc) is 3.82. The summed E-state index contributed by atoms with van der Waals surface area (Å²) in [4.78, 5) is 2.51. The third-order valence-electron chi connectivity index (χ3n) is 11.8. The highest BCUT2D eigenvalue weighted by Crippen LogP contribution is 2.41. The third kappa shape index (κ3) is 6.34. The van der Waals surface area contributed by atoms with Crippen molar-refractivity contribution in [2.75, 3.05) is 4.90 Å². The lowest BCUT2D eigenvalue weighted by molar-refractivity contribution is 0.590. The van der Waals surface area contributed by atoms with Gasteiger partial charge in [0.25, 0.3) is 0 Å². The molecule has 0 saturated carbocycles. The van der Waals surface area contributed by atoms with Crippen LogP contribution in [0.1, 0.15) is 51.3 Å². The number of allylic oxidation sites excluding steroid dienone is 6. The Labute approximate surface area is 335 Å². The summed E-state index contributed by atoms with van der Waals surface area (Å²) in [5.41, 5.74) is 12.4. The largest absolute Gasteiger partial charge is 0.320 e. The fraction of sp³-hybridized carbons (Fsp3) is 0.148. The molecule has 3 nitrogen and oxygen atoms in total. The lowest BCUT2D eigenvalue weighted by Crippen LogP contribution is -2.31. The Balaban J connectivity index is 1.14. The van der Waals surface area contributed by atoms with E-state index in [0.717, 1.165) is 30.8 Å². The van der Waals surface area contributed by atoms with Crippen molar-refractivity contribution in [2.24, 2.45) is 0 Å². The summed E-state index contributed by atoms with van der Waals surface area (Å²) in [7, 11) is 0. The summed E-state index contributed by atoms with van der Waals surface area (Å²) in [6, 6.07) is 54.4. The molecule has 0 radical (unpaired) electrons. The van der Waals surface area contributed by atoms with Crippen molar-refractivity contribution in [2.45, 2.75) is 51.5 Å². The zero-order chi connectivity index (χ0) is 38.5. The normalized spacial score (nSPS) is 15.5. The quantitative estimate of drug-likeness (QED) is 0.159. The minimum Gasteiger partial charge on any atom is -0.320 e. The van der Waals surface area contributed by atoms with Crippen molar-refractivity contribution in [3.63, 3.8) is 0 Å². The van der Waals surface area contributed by atoms with Gasteiger partial charge in [0.1, 0.15) is 5.82 Å². The van der Waals surface area contributed by atoms with E-state index in [2.05, 4.69) is 223 Å². The number of rotatable bonds is 7. The molecule has 0 amide bonds. The van der Waals surface area contributed by atoms with Crippen LogP contribution in [0.4, 0.5) is 11.5 Å². The van der Waals surface area contributed by atoms with Crippen molar-refractivity contribution < 1.29 is 0 Å². The Morgan fingerprint density at radius 3 is 2.04 bits per heavy atom. The molecule has 1 unspecified atom stereocenters. The molecule has 2 aliphatic carbocycles. The summed E-state index contributed by atoms with van der Waals surface area (Å²) < 4.78 is 4.94. The third-order valence-corrected chi connectivity index (χ3v) is 11.8. The molecule has 1 atom stereocenters. The maximum atomic E-state index is 2.51. The van der Waals surface area contributed by atoms with E-state index in [-0.39, 0.29) is 11.5 Å². The van der Waals surface area contributed by atoms with Crippen molar-refractivity contribution >= 4 is 49.7 Å².